The zero-order valence-electron chi connectivity index (χ0n) is 36.1. The molecule has 0 spiro atoms. The second-order valence-electron chi connectivity index (χ2n) is 17.3. The average Bonchev–Trinajstić information content (AvgIpc) is 3.60. The van der Waals surface area contributed by atoms with Gasteiger partial charge in [0.1, 0.15) is 0 Å². The van der Waals surface area contributed by atoms with Crippen LogP contribution in [-0.4, -0.2) is 0 Å². The highest BCUT2D eigenvalue weighted by Gasteiger charge is 2.36. The Kier molecular flexibility index (Phi) is 9.94. The highest BCUT2D eigenvalue weighted by Crippen LogP contribution is 2.53. The van der Waals surface area contributed by atoms with Crippen LogP contribution in [0.3, 0.4) is 0 Å². The highest BCUT2D eigenvalue weighted by molar-refractivity contribution is 6.07. The lowest BCUT2D eigenvalue weighted by Crippen LogP contribution is -2.16. The summed E-state index contributed by atoms with van der Waals surface area (Å²) >= 11 is 0. The first-order valence-corrected chi connectivity index (χ1v) is 22.3. The maximum Gasteiger partial charge on any atom is 0.0467 e. The topological polar surface area (TPSA) is 3.24 Å². The Morgan fingerprint density at radius 2 is 0.672 bits per heavy atom. The first-order valence-electron chi connectivity index (χ1n) is 22.3. The smallest absolute Gasteiger partial charge is 0.0467 e. The van der Waals surface area contributed by atoms with Crippen molar-refractivity contribution in [1.82, 2.24) is 0 Å². The molecule has 64 heavy (non-hydrogen) atoms. The molecule has 0 atom stereocenters. The molecule has 10 aromatic carbocycles. The minimum atomic E-state index is -0.139. The van der Waals surface area contributed by atoms with Crippen LogP contribution in [0.25, 0.3) is 77.9 Å². The van der Waals surface area contributed by atoms with Crippen LogP contribution in [0.4, 0.5) is 17.1 Å². The molecule has 304 valence electrons. The Bertz CT molecular complexity index is 3240. The average molecular weight is 818 g/mol. The van der Waals surface area contributed by atoms with E-state index in [-0.39, 0.29) is 5.41 Å². The van der Waals surface area contributed by atoms with Gasteiger partial charge in [0.15, 0.2) is 0 Å². The molecule has 0 heterocycles. The monoisotopic (exact) mass is 817 g/mol. The standard InChI is InChI=1S/C63H47N/c1-63(2)58-34-19-18-33-54(58)55-40-39-53(42-59(55)63)64(51-37-35-45(36-38-51)44-21-8-3-9-22-44)52-32-20-31-50(41-52)57-43-56(46-23-10-4-11-24-46)60(47-25-12-5-13-26-47)62(49-29-16-7-17-30-49)61(57)48-27-14-6-15-28-48/h3-43H,1-2H3. The van der Waals surface area contributed by atoms with E-state index < -0.39 is 0 Å². The highest BCUT2D eigenvalue weighted by atomic mass is 15.1. The summed E-state index contributed by atoms with van der Waals surface area (Å²) in [5.74, 6) is 0. The van der Waals surface area contributed by atoms with Gasteiger partial charge in [-0.1, -0.05) is 220 Å². The van der Waals surface area contributed by atoms with Crippen molar-refractivity contribution in [3.8, 4) is 77.9 Å². The van der Waals surface area contributed by atoms with Crippen LogP contribution in [0.15, 0.2) is 249 Å². The number of rotatable bonds is 9. The molecule has 0 aromatic heterocycles. The fourth-order valence-corrected chi connectivity index (χ4v) is 9.98. The molecule has 11 rings (SSSR count). The van der Waals surface area contributed by atoms with Gasteiger partial charge in [-0.3, -0.25) is 0 Å². The Labute approximate surface area is 377 Å². The molecule has 0 aliphatic heterocycles. The van der Waals surface area contributed by atoms with Gasteiger partial charge in [0.2, 0.25) is 0 Å². The molecule has 0 saturated heterocycles. The molecule has 0 unspecified atom stereocenters. The summed E-state index contributed by atoms with van der Waals surface area (Å²) in [4.78, 5) is 2.44. The van der Waals surface area contributed by atoms with E-state index in [4.69, 9.17) is 0 Å². The number of anilines is 3. The van der Waals surface area contributed by atoms with Crippen LogP contribution in [0.1, 0.15) is 25.0 Å². The molecule has 0 amide bonds. The van der Waals surface area contributed by atoms with Gasteiger partial charge in [0.05, 0.1) is 0 Å². The van der Waals surface area contributed by atoms with E-state index in [1.54, 1.807) is 0 Å². The number of hydrogen-bond donors (Lipinski definition) is 0. The summed E-state index contributed by atoms with van der Waals surface area (Å²) in [6, 6.07) is 91.0. The minimum Gasteiger partial charge on any atom is -0.310 e. The normalized spacial score (nSPS) is 12.3. The van der Waals surface area contributed by atoms with Crippen LogP contribution >= 0.6 is 0 Å². The van der Waals surface area contributed by atoms with E-state index in [1.165, 1.54) is 83.5 Å². The molecular formula is C63H47N. The largest absolute Gasteiger partial charge is 0.310 e. The van der Waals surface area contributed by atoms with Crippen molar-refractivity contribution in [1.29, 1.82) is 0 Å². The lowest BCUT2D eigenvalue weighted by Gasteiger charge is -2.29. The van der Waals surface area contributed by atoms with Crippen molar-refractivity contribution < 1.29 is 0 Å². The van der Waals surface area contributed by atoms with E-state index in [2.05, 4.69) is 267 Å². The molecule has 0 fully saturated rings. The molecule has 0 N–H and O–H groups in total. The molecule has 0 radical (unpaired) electrons. The van der Waals surface area contributed by atoms with Crippen LogP contribution in [0.5, 0.6) is 0 Å². The van der Waals surface area contributed by atoms with Crippen LogP contribution in [0.2, 0.25) is 0 Å². The van der Waals surface area contributed by atoms with E-state index in [0.717, 1.165) is 22.6 Å². The van der Waals surface area contributed by atoms with Gasteiger partial charge in [0.25, 0.3) is 0 Å². The van der Waals surface area contributed by atoms with Gasteiger partial charge in [-0.05, 0) is 131 Å². The maximum atomic E-state index is 2.44. The summed E-state index contributed by atoms with van der Waals surface area (Å²) in [6.45, 7) is 4.72. The lowest BCUT2D eigenvalue weighted by molar-refractivity contribution is 0.660. The van der Waals surface area contributed by atoms with E-state index in [9.17, 15) is 0 Å². The first-order chi connectivity index (χ1) is 31.5. The predicted molar refractivity (Wildman–Crippen MR) is 271 cm³/mol. The van der Waals surface area contributed by atoms with Crippen LogP contribution in [-0.2, 0) is 5.41 Å². The van der Waals surface area contributed by atoms with Crippen molar-refractivity contribution in [3.05, 3.63) is 260 Å². The Hall–Kier alpha value is -8.00. The maximum absolute atomic E-state index is 2.44. The fraction of sp³-hybridized carbons (Fsp3) is 0.0476. The Morgan fingerprint density at radius 1 is 0.250 bits per heavy atom. The second kappa shape index (κ2) is 16.4. The van der Waals surface area contributed by atoms with E-state index >= 15 is 0 Å². The zero-order valence-corrected chi connectivity index (χ0v) is 36.1. The number of fused-ring (bicyclic) bond motifs is 3. The quantitative estimate of drug-likeness (QED) is 0.140. The van der Waals surface area contributed by atoms with Crippen molar-refractivity contribution in [2.45, 2.75) is 19.3 Å². The van der Waals surface area contributed by atoms with Gasteiger partial charge in [-0.2, -0.15) is 0 Å². The summed E-state index contributed by atoms with van der Waals surface area (Å²) in [7, 11) is 0. The van der Waals surface area contributed by atoms with Crippen molar-refractivity contribution in [2.24, 2.45) is 0 Å². The molecule has 1 heteroatoms. The Morgan fingerprint density at radius 3 is 1.27 bits per heavy atom. The SMILES string of the molecule is CC1(C)c2ccccc2-c2ccc(N(c3ccc(-c4ccccc4)cc3)c3cccc(-c4cc(-c5ccccc5)c(-c5ccccc5)c(-c5ccccc5)c4-c4ccccc4)c3)cc21. The number of benzene rings is 10. The second-order valence-corrected chi connectivity index (χ2v) is 17.3. The fourth-order valence-electron chi connectivity index (χ4n) is 9.98. The van der Waals surface area contributed by atoms with Crippen molar-refractivity contribution in [2.75, 3.05) is 4.90 Å². The summed E-state index contributed by atoms with van der Waals surface area (Å²) in [5.41, 5.74) is 22.8. The summed E-state index contributed by atoms with van der Waals surface area (Å²) in [6.07, 6.45) is 0. The molecule has 1 aliphatic carbocycles. The number of hydrogen-bond acceptors (Lipinski definition) is 1. The molecular weight excluding hydrogens is 771 g/mol. The molecule has 1 aliphatic rings. The lowest BCUT2D eigenvalue weighted by atomic mass is 9.79. The molecule has 0 saturated carbocycles. The van der Waals surface area contributed by atoms with E-state index in [1.807, 2.05) is 0 Å². The third kappa shape index (κ3) is 6.93. The van der Waals surface area contributed by atoms with Gasteiger partial charge < -0.3 is 4.90 Å². The van der Waals surface area contributed by atoms with Crippen LogP contribution < -0.4 is 4.90 Å². The van der Waals surface area contributed by atoms with Gasteiger partial charge in [-0.15, -0.1) is 0 Å². The summed E-state index contributed by atoms with van der Waals surface area (Å²) in [5, 5.41) is 0. The number of nitrogens with zero attached hydrogens (tertiary/aromatic N) is 1. The summed E-state index contributed by atoms with van der Waals surface area (Å²) < 4.78 is 0. The van der Waals surface area contributed by atoms with Crippen molar-refractivity contribution in [3.63, 3.8) is 0 Å². The van der Waals surface area contributed by atoms with Crippen molar-refractivity contribution >= 4 is 17.1 Å². The third-order valence-electron chi connectivity index (χ3n) is 13.1. The molecule has 1 nitrogen and oxygen atoms in total. The Balaban J connectivity index is 1.17. The predicted octanol–water partition coefficient (Wildman–Crippen LogP) is 17.5. The molecule has 0 bridgehead atoms. The zero-order chi connectivity index (χ0) is 43.0. The van der Waals surface area contributed by atoms with Gasteiger partial charge in [-0.25, -0.2) is 0 Å². The van der Waals surface area contributed by atoms with Gasteiger partial charge in [0, 0.05) is 22.5 Å². The first kappa shape index (κ1) is 38.9. The minimum absolute atomic E-state index is 0.139. The van der Waals surface area contributed by atoms with Gasteiger partial charge >= 0.3 is 0 Å². The third-order valence-corrected chi connectivity index (χ3v) is 13.1. The molecule has 10 aromatic rings. The van der Waals surface area contributed by atoms with E-state index in [0.29, 0.717) is 0 Å². The van der Waals surface area contributed by atoms with Crippen LogP contribution in [0, 0.1) is 0 Å².